The number of aromatic nitrogens is 1. The van der Waals surface area contributed by atoms with Gasteiger partial charge in [0, 0.05) is 22.8 Å². The van der Waals surface area contributed by atoms with E-state index in [4.69, 9.17) is 9.88 Å². The van der Waals surface area contributed by atoms with Gasteiger partial charge in [-0.2, -0.15) is 0 Å². The number of anilines is 1. The van der Waals surface area contributed by atoms with Gasteiger partial charge in [-0.05, 0) is 48.5 Å². The van der Waals surface area contributed by atoms with Crippen molar-refractivity contribution in [3.05, 3.63) is 65.7 Å². The standard InChI is InChI=1S/C16H13N3O4S2/c17-25(21,22)14-7-3-12(4-8-14)19-15(20)11-1-5-13(6-2-11)23-16-18-9-10-24-16/h1-10H,(H,19,20)(H2,17,21,22). The topological polar surface area (TPSA) is 111 Å². The Morgan fingerprint density at radius 1 is 1.08 bits per heavy atom. The fourth-order valence-corrected chi connectivity index (χ4v) is 2.99. The van der Waals surface area contributed by atoms with E-state index in [0.717, 1.165) is 0 Å². The number of nitrogens with two attached hydrogens (primary N) is 1. The monoisotopic (exact) mass is 375 g/mol. The predicted molar refractivity (Wildman–Crippen MR) is 94.4 cm³/mol. The molecule has 25 heavy (non-hydrogen) atoms. The first-order valence-corrected chi connectivity index (χ1v) is 9.46. The normalized spacial score (nSPS) is 11.1. The number of thiazole rings is 1. The van der Waals surface area contributed by atoms with E-state index in [1.807, 2.05) is 0 Å². The van der Waals surface area contributed by atoms with Gasteiger partial charge in [0.15, 0.2) is 0 Å². The number of hydrogen-bond donors (Lipinski definition) is 2. The summed E-state index contributed by atoms with van der Waals surface area (Å²) in [7, 11) is -3.76. The molecule has 1 aromatic heterocycles. The highest BCUT2D eigenvalue weighted by atomic mass is 32.2. The Balaban J connectivity index is 1.66. The fraction of sp³-hybridized carbons (Fsp3) is 0. The fourth-order valence-electron chi connectivity index (χ4n) is 1.97. The summed E-state index contributed by atoms with van der Waals surface area (Å²) < 4.78 is 27.9. The van der Waals surface area contributed by atoms with Crippen molar-refractivity contribution in [3.8, 4) is 10.9 Å². The lowest BCUT2D eigenvalue weighted by atomic mass is 10.2. The molecular formula is C16H13N3O4S2. The third kappa shape index (κ3) is 4.41. The second-order valence-corrected chi connectivity index (χ2v) is 7.37. The highest BCUT2D eigenvalue weighted by Gasteiger charge is 2.10. The van der Waals surface area contributed by atoms with Crippen LogP contribution in [0.15, 0.2) is 65.0 Å². The van der Waals surface area contributed by atoms with Crippen LogP contribution in [0.2, 0.25) is 0 Å². The lowest BCUT2D eigenvalue weighted by molar-refractivity contribution is 0.102. The first-order chi connectivity index (χ1) is 11.9. The molecule has 0 aliphatic rings. The molecule has 0 saturated carbocycles. The van der Waals surface area contributed by atoms with Crippen LogP contribution in [0.1, 0.15) is 10.4 Å². The summed E-state index contributed by atoms with van der Waals surface area (Å²) in [5.41, 5.74) is 0.891. The third-order valence-corrected chi connectivity index (χ3v) is 4.75. The molecule has 7 nitrogen and oxygen atoms in total. The van der Waals surface area contributed by atoms with E-state index in [0.29, 0.717) is 22.2 Å². The van der Waals surface area contributed by atoms with E-state index in [-0.39, 0.29) is 10.8 Å². The first-order valence-electron chi connectivity index (χ1n) is 7.03. The summed E-state index contributed by atoms with van der Waals surface area (Å²) in [4.78, 5) is 16.2. The molecular weight excluding hydrogens is 362 g/mol. The van der Waals surface area contributed by atoms with Crippen molar-refractivity contribution in [2.75, 3.05) is 5.32 Å². The zero-order valence-corrected chi connectivity index (χ0v) is 14.4. The number of amides is 1. The van der Waals surface area contributed by atoms with Gasteiger partial charge in [0.1, 0.15) is 5.75 Å². The van der Waals surface area contributed by atoms with Gasteiger partial charge in [-0.15, -0.1) is 0 Å². The molecule has 0 unspecified atom stereocenters. The molecule has 1 amide bonds. The van der Waals surface area contributed by atoms with E-state index in [2.05, 4.69) is 10.3 Å². The molecule has 128 valence electrons. The Morgan fingerprint density at radius 3 is 2.32 bits per heavy atom. The van der Waals surface area contributed by atoms with E-state index in [1.165, 1.54) is 35.6 Å². The number of nitrogens with zero attached hydrogens (tertiary/aromatic N) is 1. The number of hydrogen-bond acceptors (Lipinski definition) is 6. The molecule has 0 saturated heterocycles. The Kier molecular flexibility index (Phi) is 4.79. The van der Waals surface area contributed by atoms with Gasteiger partial charge in [-0.25, -0.2) is 18.5 Å². The summed E-state index contributed by atoms with van der Waals surface area (Å²) in [5, 5.41) is 10.0. The summed E-state index contributed by atoms with van der Waals surface area (Å²) >= 11 is 1.37. The molecule has 0 radical (unpaired) electrons. The predicted octanol–water partition coefficient (Wildman–Crippen LogP) is 2.84. The molecule has 2 aromatic carbocycles. The zero-order chi connectivity index (χ0) is 17.9. The summed E-state index contributed by atoms with van der Waals surface area (Å²) in [5.74, 6) is 0.244. The molecule has 0 atom stereocenters. The van der Waals surface area contributed by atoms with Gasteiger partial charge in [-0.1, -0.05) is 11.3 Å². The highest BCUT2D eigenvalue weighted by Crippen LogP contribution is 2.23. The molecule has 0 bridgehead atoms. The molecule has 3 N–H and O–H groups in total. The van der Waals surface area contributed by atoms with Gasteiger partial charge in [-0.3, -0.25) is 4.79 Å². The lowest BCUT2D eigenvalue weighted by Crippen LogP contribution is -2.13. The van der Waals surface area contributed by atoms with Crippen LogP contribution in [-0.2, 0) is 10.0 Å². The zero-order valence-electron chi connectivity index (χ0n) is 12.7. The SMILES string of the molecule is NS(=O)(=O)c1ccc(NC(=O)c2ccc(Oc3nccs3)cc2)cc1. The summed E-state index contributed by atoms with van der Waals surface area (Å²) in [6.45, 7) is 0. The van der Waals surface area contributed by atoms with Crippen LogP contribution in [0.5, 0.6) is 10.9 Å². The molecule has 0 spiro atoms. The van der Waals surface area contributed by atoms with Gasteiger partial charge < -0.3 is 10.1 Å². The van der Waals surface area contributed by atoms with Crippen LogP contribution in [-0.4, -0.2) is 19.3 Å². The minimum absolute atomic E-state index is 0.0193. The number of carbonyl (C=O) groups excluding carboxylic acids is 1. The van der Waals surface area contributed by atoms with Crippen LogP contribution in [0.4, 0.5) is 5.69 Å². The van der Waals surface area contributed by atoms with E-state index in [9.17, 15) is 13.2 Å². The van der Waals surface area contributed by atoms with Gasteiger partial charge in [0.25, 0.3) is 11.1 Å². The molecule has 9 heteroatoms. The number of carbonyl (C=O) groups is 1. The summed E-state index contributed by atoms with van der Waals surface area (Å²) in [6, 6.07) is 12.2. The average molecular weight is 375 g/mol. The second-order valence-electron chi connectivity index (χ2n) is 4.95. The van der Waals surface area contributed by atoms with Gasteiger partial charge in [0.2, 0.25) is 10.0 Å². The van der Waals surface area contributed by atoms with Crippen LogP contribution < -0.4 is 15.2 Å². The minimum Gasteiger partial charge on any atom is -0.431 e. The van der Waals surface area contributed by atoms with Gasteiger partial charge >= 0.3 is 0 Å². The number of rotatable bonds is 5. The smallest absolute Gasteiger partial charge is 0.278 e. The van der Waals surface area contributed by atoms with Crippen molar-refractivity contribution in [1.29, 1.82) is 0 Å². The Morgan fingerprint density at radius 2 is 1.76 bits per heavy atom. The summed E-state index contributed by atoms with van der Waals surface area (Å²) in [6.07, 6.45) is 1.64. The van der Waals surface area contributed by atoms with Crippen LogP contribution in [0, 0.1) is 0 Å². The van der Waals surface area contributed by atoms with Crippen LogP contribution in [0.3, 0.4) is 0 Å². The Hall–Kier alpha value is -2.75. The highest BCUT2D eigenvalue weighted by molar-refractivity contribution is 7.89. The van der Waals surface area contributed by atoms with E-state index >= 15 is 0 Å². The number of benzene rings is 2. The molecule has 1 heterocycles. The average Bonchev–Trinajstić information content (AvgIpc) is 3.08. The van der Waals surface area contributed by atoms with Crippen LogP contribution in [0.25, 0.3) is 0 Å². The van der Waals surface area contributed by atoms with Crippen molar-refractivity contribution in [1.82, 2.24) is 4.98 Å². The number of primary sulfonamides is 1. The Labute approximate surface area is 148 Å². The van der Waals surface area contributed by atoms with Gasteiger partial charge in [0.05, 0.1) is 4.90 Å². The van der Waals surface area contributed by atoms with Crippen LogP contribution >= 0.6 is 11.3 Å². The molecule has 3 rings (SSSR count). The maximum atomic E-state index is 12.2. The van der Waals surface area contributed by atoms with Crippen molar-refractivity contribution in [2.24, 2.45) is 5.14 Å². The number of ether oxygens (including phenoxy) is 1. The number of sulfonamides is 1. The number of nitrogens with one attached hydrogen (secondary N) is 1. The minimum atomic E-state index is -3.76. The molecule has 3 aromatic rings. The van der Waals surface area contributed by atoms with Crippen molar-refractivity contribution >= 4 is 33.0 Å². The first kappa shape index (κ1) is 17.1. The molecule has 0 aliphatic carbocycles. The molecule has 0 aliphatic heterocycles. The lowest BCUT2D eigenvalue weighted by Gasteiger charge is -2.07. The second kappa shape index (κ2) is 7.01. The quantitative estimate of drug-likeness (QED) is 0.712. The maximum absolute atomic E-state index is 12.2. The van der Waals surface area contributed by atoms with Crippen molar-refractivity contribution in [3.63, 3.8) is 0 Å². The van der Waals surface area contributed by atoms with Crippen molar-refractivity contribution in [2.45, 2.75) is 4.90 Å². The van der Waals surface area contributed by atoms with E-state index < -0.39 is 10.0 Å². The van der Waals surface area contributed by atoms with E-state index in [1.54, 1.807) is 35.8 Å². The largest absolute Gasteiger partial charge is 0.431 e. The van der Waals surface area contributed by atoms with Crippen molar-refractivity contribution < 1.29 is 17.9 Å². The maximum Gasteiger partial charge on any atom is 0.278 e. The molecule has 0 fully saturated rings. The Bertz CT molecular complexity index is 967. The third-order valence-electron chi connectivity index (χ3n) is 3.17.